The van der Waals surface area contributed by atoms with E-state index in [1.807, 2.05) is 0 Å². The molecular formula is C38H72O4. The Morgan fingerprint density at radius 1 is 0.524 bits per heavy atom. The fraction of sp³-hybridized carbons (Fsp3) is 0.842. The molecule has 0 spiro atoms. The predicted octanol–water partition coefficient (Wildman–Crippen LogP) is 12.7. The van der Waals surface area contributed by atoms with Crippen molar-refractivity contribution >= 4 is 11.9 Å². The first-order chi connectivity index (χ1) is 20.5. The van der Waals surface area contributed by atoms with Crippen molar-refractivity contribution in [3.05, 3.63) is 24.8 Å². The third-order valence-corrected chi connectivity index (χ3v) is 8.04. The molecule has 0 aromatic carbocycles. The Balaban J connectivity index is 0. The topological polar surface area (TPSA) is 63.6 Å². The molecule has 0 bridgehead atoms. The first-order valence-electron chi connectivity index (χ1n) is 18.2. The van der Waals surface area contributed by atoms with E-state index in [-0.39, 0.29) is 5.97 Å². The summed E-state index contributed by atoms with van der Waals surface area (Å²) in [5.74, 6) is -1.14. The Morgan fingerprint density at radius 3 is 1.10 bits per heavy atom. The third kappa shape index (κ3) is 38.4. The number of unbranched alkanes of at least 4 members (excludes halogenated alkanes) is 26. The van der Waals surface area contributed by atoms with Crippen LogP contribution in [0.1, 0.15) is 200 Å². The number of esters is 1. The first kappa shape index (κ1) is 42.6. The average Bonchev–Trinajstić information content (AvgIpc) is 2.99. The van der Waals surface area contributed by atoms with E-state index in [2.05, 4.69) is 27.0 Å². The summed E-state index contributed by atoms with van der Waals surface area (Å²) >= 11 is 0. The van der Waals surface area contributed by atoms with E-state index in [9.17, 15) is 9.59 Å². The molecule has 0 saturated heterocycles. The van der Waals surface area contributed by atoms with E-state index in [1.54, 1.807) is 0 Å². The summed E-state index contributed by atoms with van der Waals surface area (Å²) in [5.41, 5.74) is 0.355. The molecule has 4 heteroatoms. The Morgan fingerprint density at radius 2 is 0.810 bits per heavy atom. The van der Waals surface area contributed by atoms with Crippen LogP contribution >= 0.6 is 0 Å². The number of carboxylic acids is 1. The van der Waals surface area contributed by atoms with Crippen LogP contribution in [0.25, 0.3) is 0 Å². The normalized spacial score (nSPS) is 10.6. The summed E-state index contributed by atoms with van der Waals surface area (Å²) in [6.07, 6.45) is 39.3. The number of carboxylic acid groups (broad SMARTS) is 1. The Bertz CT molecular complexity index is 596. The van der Waals surface area contributed by atoms with Crippen LogP contribution < -0.4 is 0 Å². The van der Waals surface area contributed by atoms with Crippen molar-refractivity contribution in [1.29, 1.82) is 0 Å². The zero-order chi connectivity index (χ0) is 31.4. The van der Waals surface area contributed by atoms with Gasteiger partial charge < -0.3 is 9.84 Å². The summed E-state index contributed by atoms with van der Waals surface area (Å²) in [6.45, 7) is 12.0. The second kappa shape index (κ2) is 37.4. The minimum atomic E-state index is -0.843. The molecule has 0 aromatic heterocycles. The lowest BCUT2D eigenvalue weighted by atomic mass is 10.0. The highest BCUT2D eigenvalue weighted by Gasteiger charge is 2.02. The summed E-state index contributed by atoms with van der Waals surface area (Å²) in [7, 11) is 0. The molecule has 0 amide bonds. The van der Waals surface area contributed by atoms with Gasteiger partial charge in [0, 0.05) is 11.6 Å². The average molecular weight is 593 g/mol. The van der Waals surface area contributed by atoms with E-state index >= 15 is 0 Å². The largest absolute Gasteiger partial charge is 0.478 e. The fourth-order valence-corrected chi connectivity index (χ4v) is 5.17. The van der Waals surface area contributed by atoms with Gasteiger partial charge in [0.15, 0.2) is 0 Å². The molecule has 42 heavy (non-hydrogen) atoms. The van der Waals surface area contributed by atoms with E-state index in [0.717, 1.165) is 19.3 Å². The van der Waals surface area contributed by atoms with Crippen molar-refractivity contribution in [2.75, 3.05) is 6.61 Å². The van der Waals surface area contributed by atoms with E-state index in [0.29, 0.717) is 18.6 Å². The summed E-state index contributed by atoms with van der Waals surface area (Å²) in [5, 5.41) is 8.69. The molecule has 0 aromatic rings. The van der Waals surface area contributed by atoms with Gasteiger partial charge in [0.2, 0.25) is 0 Å². The number of carbonyl (C=O) groups is 2. The fourth-order valence-electron chi connectivity index (χ4n) is 5.17. The van der Waals surface area contributed by atoms with Crippen molar-refractivity contribution in [3.8, 4) is 0 Å². The van der Waals surface area contributed by atoms with Gasteiger partial charge in [-0.25, -0.2) is 9.59 Å². The van der Waals surface area contributed by atoms with Crippen molar-refractivity contribution in [3.63, 3.8) is 0 Å². The maximum atomic E-state index is 10.8. The molecule has 0 rings (SSSR count). The molecule has 0 saturated carbocycles. The van der Waals surface area contributed by atoms with Crippen LogP contribution in [0.5, 0.6) is 0 Å². The minimum absolute atomic E-state index is 0.301. The maximum Gasteiger partial charge on any atom is 0.330 e. The third-order valence-electron chi connectivity index (χ3n) is 8.04. The van der Waals surface area contributed by atoms with Crippen molar-refractivity contribution in [2.45, 2.75) is 200 Å². The zero-order valence-electron chi connectivity index (χ0n) is 28.4. The van der Waals surface area contributed by atoms with Crippen LogP contribution in [0.15, 0.2) is 24.8 Å². The molecule has 0 aliphatic carbocycles. The Kier molecular flexibility index (Phi) is 37.9. The van der Waals surface area contributed by atoms with Crippen LogP contribution in [-0.4, -0.2) is 23.7 Å². The smallest absolute Gasteiger partial charge is 0.330 e. The Hall–Kier alpha value is -1.58. The molecular weight excluding hydrogens is 520 g/mol. The van der Waals surface area contributed by atoms with Crippen molar-refractivity contribution < 1.29 is 19.4 Å². The van der Waals surface area contributed by atoms with Gasteiger partial charge in [-0.2, -0.15) is 0 Å². The van der Waals surface area contributed by atoms with Gasteiger partial charge in [-0.3, -0.25) is 0 Å². The SMILES string of the molecule is C=C(CCCCCCCCCCCCCCCC)C(=O)O.C=CC(=O)OCCCCCCCCCCCCCCCC. The molecule has 1 N–H and O–H groups in total. The highest BCUT2D eigenvalue weighted by molar-refractivity contribution is 5.85. The summed E-state index contributed by atoms with van der Waals surface area (Å²) < 4.78 is 4.94. The molecule has 0 fully saturated rings. The predicted molar refractivity (Wildman–Crippen MR) is 183 cm³/mol. The quantitative estimate of drug-likeness (QED) is 0.0479. The van der Waals surface area contributed by atoms with Gasteiger partial charge in [-0.1, -0.05) is 194 Å². The molecule has 0 unspecified atom stereocenters. The minimum Gasteiger partial charge on any atom is -0.478 e. The lowest BCUT2D eigenvalue weighted by Gasteiger charge is -2.03. The molecule has 0 heterocycles. The van der Waals surface area contributed by atoms with Gasteiger partial charge in [-0.15, -0.1) is 0 Å². The van der Waals surface area contributed by atoms with Crippen LogP contribution in [0.2, 0.25) is 0 Å². The zero-order valence-corrected chi connectivity index (χ0v) is 28.4. The lowest BCUT2D eigenvalue weighted by molar-refractivity contribution is -0.138. The van der Waals surface area contributed by atoms with Gasteiger partial charge >= 0.3 is 11.9 Å². The van der Waals surface area contributed by atoms with Crippen LogP contribution in [0, 0.1) is 0 Å². The van der Waals surface area contributed by atoms with E-state index < -0.39 is 5.97 Å². The lowest BCUT2D eigenvalue weighted by Crippen LogP contribution is -2.01. The molecule has 0 atom stereocenters. The van der Waals surface area contributed by atoms with Crippen molar-refractivity contribution in [2.24, 2.45) is 0 Å². The van der Waals surface area contributed by atoms with Crippen LogP contribution in [0.3, 0.4) is 0 Å². The molecule has 4 nitrogen and oxygen atoms in total. The maximum absolute atomic E-state index is 10.8. The molecule has 248 valence electrons. The molecule has 0 aliphatic rings. The number of carbonyl (C=O) groups excluding carboxylic acids is 1. The van der Waals surface area contributed by atoms with E-state index in [1.165, 1.54) is 167 Å². The summed E-state index contributed by atoms with van der Waals surface area (Å²) in [4.78, 5) is 21.4. The monoisotopic (exact) mass is 593 g/mol. The number of hydrogen-bond acceptors (Lipinski definition) is 3. The Labute approximate surface area is 262 Å². The second-order valence-corrected chi connectivity index (χ2v) is 12.2. The second-order valence-electron chi connectivity index (χ2n) is 12.2. The molecule has 0 radical (unpaired) electrons. The van der Waals surface area contributed by atoms with Gasteiger partial charge in [0.05, 0.1) is 6.61 Å². The number of ether oxygens (including phenoxy) is 1. The van der Waals surface area contributed by atoms with Gasteiger partial charge in [-0.05, 0) is 19.3 Å². The summed E-state index contributed by atoms with van der Waals surface area (Å²) in [6, 6.07) is 0. The van der Waals surface area contributed by atoms with Crippen LogP contribution in [-0.2, 0) is 14.3 Å². The number of rotatable bonds is 32. The standard InChI is InChI=1S/2C19H36O2/c1-3-4-5-6-7-8-9-10-11-12-13-14-15-16-17-18(2)19(20)21;1-3-5-6-7-8-9-10-11-12-13-14-15-16-17-18-21-19(20)4-2/h2-17H2,1H3,(H,20,21);4H,2-3,5-18H2,1H3. The van der Waals surface area contributed by atoms with E-state index in [4.69, 9.17) is 9.84 Å². The van der Waals surface area contributed by atoms with Crippen molar-refractivity contribution in [1.82, 2.24) is 0 Å². The van der Waals surface area contributed by atoms with Gasteiger partial charge in [0.25, 0.3) is 0 Å². The number of aliphatic carboxylic acids is 1. The first-order valence-corrected chi connectivity index (χ1v) is 18.2. The number of hydrogen-bond donors (Lipinski definition) is 1. The molecule has 0 aliphatic heterocycles. The van der Waals surface area contributed by atoms with Gasteiger partial charge in [0.1, 0.15) is 0 Å². The highest BCUT2D eigenvalue weighted by atomic mass is 16.5. The highest BCUT2D eigenvalue weighted by Crippen LogP contribution is 2.15. The van der Waals surface area contributed by atoms with Crippen LogP contribution in [0.4, 0.5) is 0 Å².